The van der Waals surface area contributed by atoms with Crippen molar-refractivity contribution in [1.82, 2.24) is 0 Å². The number of rotatable bonds is 6. The van der Waals surface area contributed by atoms with Crippen LogP contribution in [0.4, 0.5) is 0 Å². The Morgan fingerprint density at radius 2 is 2.14 bits per heavy atom. The molecule has 2 fully saturated rings. The van der Waals surface area contributed by atoms with Crippen LogP contribution < -0.4 is 0 Å². The molecule has 0 amide bonds. The highest BCUT2D eigenvalue weighted by atomic mass is 79.9. The fourth-order valence-corrected chi connectivity index (χ4v) is 5.85. The molecule has 0 heterocycles. The van der Waals surface area contributed by atoms with Gasteiger partial charge >= 0.3 is 0 Å². The van der Waals surface area contributed by atoms with E-state index in [0.717, 1.165) is 17.8 Å². The first-order chi connectivity index (χ1) is 10.3. The Hall–Kier alpha value is 0.180. The molecule has 0 aliphatic heterocycles. The Labute approximate surface area is 146 Å². The second-order valence-corrected chi connectivity index (χ2v) is 9.07. The highest BCUT2D eigenvalue weighted by Crippen LogP contribution is 2.60. The van der Waals surface area contributed by atoms with Crippen LogP contribution >= 0.6 is 15.9 Å². The van der Waals surface area contributed by atoms with Crippen molar-refractivity contribution in [3.63, 3.8) is 0 Å². The van der Waals surface area contributed by atoms with Crippen LogP contribution in [0.3, 0.4) is 0 Å². The second-order valence-electron chi connectivity index (χ2n) is 8.61. The van der Waals surface area contributed by atoms with Gasteiger partial charge in [-0.2, -0.15) is 0 Å². The lowest BCUT2D eigenvalue weighted by molar-refractivity contribution is 0.0108. The third-order valence-electron chi connectivity index (χ3n) is 6.86. The van der Waals surface area contributed by atoms with Crippen LogP contribution in [0.1, 0.15) is 79.1 Å². The Bertz CT molecular complexity index is 401. The largest absolute Gasteiger partial charge is 0.379 e. The van der Waals surface area contributed by atoms with Crippen LogP contribution in [-0.4, -0.2) is 12.7 Å². The first-order valence-electron chi connectivity index (χ1n) is 9.18. The van der Waals surface area contributed by atoms with E-state index in [-0.39, 0.29) is 5.60 Å². The Balaban J connectivity index is 1.95. The molecule has 0 spiro atoms. The monoisotopic (exact) mass is 370 g/mol. The molecule has 0 aromatic carbocycles. The molecule has 22 heavy (non-hydrogen) atoms. The summed E-state index contributed by atoms with van der Waals surface area (Å²) in [6.07, 6.45) is 10.8. The Kier molecular flexibility index (Phi) is 6.21. The molecule has 0 saturated heterocycles. The van der Waals surface area contributed by atoms with E-state index in [2.05, 4.69) is 48.6 Å². The molecule has 0 aromatic rings. The summed E-state index contributed by atoms with van der Waals surface area (Å²) in [4.78, 5) is 2.24. The molecule has 0 N–H and O–H groups in total. The number of halogens is 1. The molecule has 0 unspecified atom stereocenters. The van der Waals surface area contributed by atoms with Crippen LogP contribution in [0, 0.1) is 23.2 Å². The van der Waals surface area contributed by atoms with Crippen molar-refractivity contribution in [1.29, 1.82) is 0 Å². The number of allylic oxidation sites excluding steroid dienone is 1. The molecule has 0 radical (unpaired) electrons. The van der Waals surface area contributed by atoms with E-state index in [1.54, 1.807) is 5.57 Å². The number of ether oxygens (including phenoxy) is 1. The van der Waals surface area contributed by atoms with Crippen molar-refractivity contribution >= 4 is 15.9 Å². The van der Waals surface area contributed by atoms with Gasteiger partial charge in [0.1, 0.15) is 0 Å². The van der Waals surface area contributed by atoms with Crippen LogP contribution in [0.15, 0.2) is 10.6 Å². The molecule has 0 aromatic heterocycles. The summed E-state index contributed by atoms with van der Waals surface area (Å²) in [6, 6.07) is 0. The highest BCUT2D eigenvalue weighted by Gasteiger charge is 2.50. The zero-order valence-electron chi connectivity index (χ0n) is 15.3. The molecule has 2 saturated carbocycles. The maximum atomic E-state index is 5.57. The summed E-state index contributed by atoms with van der Waals surface area (Å²) in [5, 5.41) is 0. The van der Waals surface area contributed by atoms with Gasteiger partial charge in [-0.05, 0) is 80.5 Å². The molecule has 2 aliphatic rings. The average molecular weight is 371 g/mol. The van der Waals surface area contributed by atoms with E-state index >= 15 is 0 Å². The number of methoxy groups -OCH3 is 1. The fourth-order valence-electron chi connectivity index (χ4n) is 5.30. The predicted molar refractivity (Wildman–Crippen MR) is 99.3 cm³/mol. The van der Waals surface area contributed by atoms with Gasteiger partial charge in [-0.1, -0.05) is 48.2 Å². The summed E-state index contributed by atoms with van der Waals surface area (Å²) >= 11 is 3.62. The van der Waals surface area contributed by atoms with Crippen molar-refractivity contribution in [2.45, 2.75) is 84.7 Å². The third kappa shape index (κ3) is 3.80. The van der Waals surface area contributed by atoms with Gasteiger partial charge in [-0.15, -0.1) is 0 Å². The van der Waals surface area contributed by atoms with E-state index < -0.39 is 0 Å². The fraction of sp³-hybridized carbons (Fsp3) is 0.900. The highest BCUT2D eigenvalue weighted by molar-refractivity contribution is 9.11. The smallest absolute Gasteiger partial charge is 0.0622 e. The molecule has 2 aliphatic carbocycles. The summed E-state index contributed by atoms with van der Waals surface area (Å²) in [5.74, 6) is 2.59. The van der Waals surface area contributed by atoms with E-state index in [0.29, 0.717) is 5.41 Å². The third-order valence-corrected chi connectivity index (χ3v) is 7.44. The molecule has 2 rings (SSSR count). The molecular weight excluding hydrogens is 336 g/mol. The van der Waals surface area contributed by atoms with Crippen molar-refractivity contribution in [3.8, 4) is 0 Å². The van der Waals surface area contributed by atoms with Crippen LogP contribution in [0.25, 0.3) is 0 Å². The zero-order valence-corrected chi connectivity index (χ0v) is 16.8. The maximum absolute atomic E-state index is 5.57. The van der Waals surface area contributed by atoms with Gasteiger partial charge in [-0.3, -0.25) is 0 Å². The molecule has 4 atom stereocenters. The molecule has 0 bridgehead atoms. The standard InChI is InChI=1S/C20H35BrO/c1-15(8-6-12-19(2,3)22-5)17-10-11-18-16(14-21)9-7-13-20(17,18)4/h14-15,17-18H,6-13H2,1-5H3/b16-14+/t15-,17-,18+,20-/m1/s1. The summed E-state index contributed by atoms with van der Waals surface area (Å²) < 4.78 is 5.57. The molecule has 1 nitrogen and oxygen atoms in total. The first-order valence-corrected chi connectivity index (χ1v) is 10.1. The predicted octanol–water partition coefficient (Wildman–Crippen LogP) is 6.71. The Morgan fingerprint density at radius 1 is 1.41 bits per heavy atom. The van der Waals surface area contributed by atoms with Crippen LogP contribution in [0.2, 0.25) is 0 Å². The van der Waals surface area contributed by atoms with Gasteiger partial charge in [0.25, 0.3) is 0 Å². The Morgan fingerprint density at radius 3 is 2.77 bits per heavy atom. The quantitative estimate of drug-likeness (QED) is 0.504. The number of fused-ring (bicyclic) bond motifs is 1. The normalized spacial score (nSPS) is 35.6. The lowest BCUT2D eigenvalue weighted by Gasteiger charge is -2.44. The van der Waals surface area contributed by atoms with Gasteiger partial charge < -0.3 is 4.74 Å². The summed E-state index contributed by atoms with van der Waals surface area (Å²) in [7, 11) is 1.84. The van der Waals surface area contributed by atoms with E-state index in [9.17, 15) is 0 Å². The second kappa shape index (κ2) is 7.38. The number of hydrogen-bond donors (Lipinski definition) is 0. The van der Waals surface area contributed by atoms with E-state index in [4.69, 9.17) is 4.74 Å². The minimum Gasteiger partial charge on any atom is -0.379 e. The van der Waals surface area contributed by atoms with E-state index in [1.807, 2.05) is 7.11 Å². The van der Waals surface area contributed by atoms with Gasteiger partial charge in [0, 0.05) is 7.11 Å². The lowest BCUT2D eigenvalue weighted by Crippen LogP contribution is -2.36. The van der Waals surface area contributed by atoms with Crippen molar-refractivity contribution < 1.29 is 4.74 Å². The zero-order chi connectivity index (χ0) is 16.4. The lowest BCUT2D eigenvalue weighted by atomic mass is 9.61. The first kappa shape index (κ1) is 18.5. The summed E-state index contributed by atoms with van der Waals surface area (Å²) in [5.41, 5.74) is 2.27. The summed E-state index contributed by atoms with van der Waals surface area (Å²) in [6.45, 7) is 9.50. The van der Waals surface area contributed by atoms with Gasteiger partial charge in [0.15, 0.2) is 0 Å². The van der Waals surface area contributed by atoms with E-state index in [1.165, 1.54) is 51.4 Å². The van der Waals surface area contributed by atoms with Crippen molar-refractivity contribution in [2.75, 3.05) is 7.11 Å². The average Bonchev–Trinajstić information content (AvgIpc) is 2.83. The van der Waals surface area contributed by atoms with Gasteiger partial charge in [0.05, 0.1) is 5.60 Å². The molecule has 128 valence electrons. The minimum absolute atomic E-state index is 0.0402. The van der Waals surface area contributed by atoms with Gasteiger partial charge in [-0.25, -0.2) is 0 Å². The van der Waals surface area contributed by atoms with Crippen molar-refractivity contribution in [3.05, 3.63) is 10.6 Å². The SMILES string of the molecule is COC(C)(C)CCC[C@@H](C)[C@H]1CC[C@H]2/C(=C/Br)CCC[C@]12C. The minimum atomic E-state index is 0.0402. The number of hydrogen-bond acceptors (Lipinski definition) is 1. The van der Waals surface area contributed by atoms with Crippen molar-refractivity contribution in [2.24, 2.45) is 23.2 Å². The molecular formula is C20H35BrO. The van der Waals surface area contributed by atoms with Gasteiger partial charge in [0.2, 0.25) is 0 Å². The maximum Gasteiger partial charge on any atom is 0.0622 e. The van der Waals surface area contributed by atoms with Crippen LogP contribution in [0.5, 0.6) is 0 Å². The molecule has 2 heteroatoms. The van der Waals surface area contributed by atoms with Crippen LogP contribution in [-0.2, 0) is 4.74 Å². The topological polar surface area (TPSA) is 9.23 Å².